The van der Waals surface area contributed by atoms with Crippen LogP contribution in [0.3, 0.4) is 0 Å². The van der Waals surface area contributed by atoms with Crippen molar-refractivity contribution in [1.82, 2.24) is 9.55 Å². The fourth-order valence-corrected chi connectivity index (χ4v) is 3.74. The number of H-pyrrole nitrogens is 1. The van der Waals surface area contributed by atoms with Crippen molar-refractivity contribution in [1.29, 1.82) is 0 Å². The first-order valence-corrected chi connectivity index (χ1v) is 11.7. The Kier molecular flexibility index (Phi) is 8.77. The Balaban J connectivity index is 1.93. The molecule has 10 nitrogen and oxygen atoms in total. The maximum atomic E-state index is 13.0. The zero-order valence-corrected chi connectivity index (χ0v) is 21.0. The van der Waals surface area contributed by atoms with E-state index in [1.807, 2.05) is 44.2 Å². The first kappa shape index (κ1) is 26.4. The molecule has 3 aromatic rings. The molecule has 0 unspecified atom stereocenters. The molecule has 0 saturated heterocycles. The number of hydrogen-bond donors (Lipinski definition) is 3. The monoisotopic (exact) mass is 495 g/mol. The average molecular weight is 496 g/mol. The van der Waals surface area contributed by atoms with E-state index < -0.39 is 11.2 Å². The minimum atomic E-state index is -0.638. The normalized spacial score (nSPS) is 10.8. The summed E-state index contributed by atoms with van der Waals surface area (Å²) in [7, 11) is 3.04. The van der Waals surface area contributed by atoms with Gasteiger partial charge in [-0.2, -0.15) is 0 Å². The van der Waals surface area contributed by atoms with Crippen molar-refractivity contribution in [3.63, 3.8) is 0 Å². The summed E-state index contributed by atoms with van der Waals surface area (Å²) in [5.41, 5.74) is 6.55. The van der Waals surface area contributed by atoms with Gasteiger partial charge in [0.25, 0.3) is 5.56 Å². The van der Waals surface area contributed by atoms with E-state index in [0.29, 0.717) is 36.1 Å². The van der Waals surface area contributed by atoms with Gasteiger partial charge >= 0.3 is 5.69 Å². The molecule has 10 heteroatoms. The fourth-order valence-electron chi connectivity index (χ4n) is 3.74. The van der Waals surface area contributed by atoms with E-state index in [9.17, 15) is 14.4 Å². The minimum absolute atomic E-state index is 0.00667. The van der Waals surface area contributed by atoms with Crippen molar-refractivity contribution < 1.29 is 14.3 Å². The molecule has 4 N–H and O–H groups in total. The number of ether oxygens (including phenoxy) is 2. The van der Waals surface area contributed by atoms with Crippen molar-refractivity contribution in [3.8, 4) is 11.5 Å². The van der Waals surface area contributed by atoms with Crippen LogP contribution in [0.5, 0.6) is 11.5 Å². The standard InChI is InChI=1S/C26H33N5O5/c1-17(2)10-11-30(16-22(32)28-19-12-20(35-3)14-21(13-19)36-4)23-24(27)31(26(34)29-25(23)33)15-18-8-6-5-7-9-18/h5-9,12-14,17H,10-11,15-16,27H2,1-4H3,(H,28,32)(H,29,33,34). The summed E-state index contributed by atoms with van der Waals surface area (Å²) in [4.78, 5) is 42.5. The Morgan fingerprint density at radius 1 is 1.08 bits per heavy atom. The molecular weight excluding hydrogens is 462 g/mol. The number of rotatable bonds is 11. The van der Waals surface area contributed by atoms with E-state index >= 15 is 0 Å². The highest BCUT2D eigenvalue weighted by molar-refractivity contribution is 5.94. The number of benzene rings is 2. The molecule has 0 atom stereocenters. The molecule has 0 aliphatic heterocycles. The van der Waals surface area contributed by atoms with E-state index in [4.69, 9.17) is 15.2 Å². The van der Waals surface area contributed by atoms with Gasteiger partial charge in [-0.3, -0.25) is 19.1 Å². The number of nitrogens with zero attached hydrogens (tertiary/aromatic N) is 2. The first-order chi connectivity index (χ1) is 17.2. The van der Waals surface area contributed by atoms with Crippen LogP contribution in [0.15, 0.2) is 58.1 Å². The molecule has 0 aliphatic rings. The van der Waals surface area contributed by atoms with Gasteiger partial charge in [0.2, 0.25) is 5.91 Å². The minimum Gasteiger partial charge on any atom is -0.497 e. The Hall–Kier alpha value is -4.21. The highest BCUT2D eigenvalue weighted by Crippen LogP contribution is 2.26. The number of nitrogens with one attached hydrogen (secondary N) is 2. The van der Waals surface area contributed by atoms with Crippen LogP contribution in [-0.2, 0) is 11.3 Å². The lowest BCUT2D eigenvalue weighted by atomic mass is 10.1. The van der Waals surface area contributed by atoms with Crippen LogP contribution in [0.2, 0.25) is 0 Å². The molecule has 1 heterocycles. The van der Waals surface area contributed by atoms with Crippen LogP contribution < -0.4 is 36.7 Å². The lowest BCUT2D eigenvalue weighted by molar-refractivity contribution is -0.115. The van der Waals surface area contributed by atoms with Gasteiger partial charge < -0.3 is 25.4 Å². The Morgan fingerprint density at radius 3 is 2.31 bits per heavy atom. The summed E-state index contributed by atoms with van der Waals surface area (Å²) >= 11 is 0. The van der Waals surface area contributed by atoms with Gasteiger partial charge in [-0.15, -0.1) is 0 Å². The molecule has 1 aromatic heterocycles. The second-order valence-electron chi connectivity index (χ2n) is 8.82. The molecule has 36 heavy (non-hydrogen) atoms. The molecular formula is C26H33N5O5. The number of methoxy groups -OCH3 is 2. The molecule has 0 aliphatic carbocycles. The number of carbonyl (C=O) groups excluding carboxylic acids is 1. The lowest BCUT2D eigenvalue weighted by Gasteiger charge is -2.26. The summed E-state index contributed by atoms with van der Waals surface area (Å²) in [5, 5.41) is 2.82. The van der Waals surface area contributed by atoms with Crippen molar-refractivity contribution in [2.45, 2.75) is 26.8 Å². The van der Waals surface area contributed by atoms with Crippen LogP contribution in [-0.4, -0.2) is 42.8 Å². The van der Waals surface area contributed by atoms with Crippen molar-refractivity contribution in [2.24, 2.45) is 5.92 Å². The molecule has 0 radical (unpaired) electrons. The zero-order chi connectivity index (χ0) is 26.2. The Labute approximate surface area is 209 Å². The Morgan fingerprint density at radius 2 is 1.72 bits per heavy atom. The van der Waals surface area contributed by atoms with Gasteiger partial charge in [-0.1, -0.05) is 44.2 Å². The van der Waals surface area contributed by atoms with E-state index in [0.717, 1.165) is 5.56 Å². The fraction of sp³-hybridized carbons (Fsp3) is 0.346. The number of amides is 1. The number of nitrogen functional groups attached to an aromatic ring is 1. The first-order valence-electron chi connectivity index (χ1n) is 11.7. The second-order valence-corrected chi connectivity index (χ2v) is 8.82. The van der Waals surface area contributed by atoms with Gasteiger partial charge in [0.1, 0.15) is 23.0 Å². The third kappa shape index (κ3) is 6.68. The summed E-state index contributed by atoms with van der Waals surface area (Å²) in [5.74, 6) is 1.000. The molecule has 192 valence electrons. The van der Waals surface area contributed by atoms with Gasteiger partial charge in [0, 0.05) is 30.4 Å². The number of nitrogens with two attached hydrogens (primary N) is 1. The van der Waals surface area contributed by atoms with Gasteiger partial charge in [-0.25, -0.2) is 4.79 Å². The average Bonchev–Trinajstić information content (AvgIpc) is 2.85. The summed E-state index contributed by atoms with van der Waals surface area (Å²) in [6, 6.07) is 14.3. The topological polar surface area (TPSA) is 132 Å². The third-order valence-corrected chi connectivity index (χ3v) is 5.66. The highest BCUT2D eigenvalue weighted by Gasteiger charge is 2.22. The number of carbonyl (C=O) groups is 1. The van der Waals surface area contributed by atoms with E-state index in [1.165, 1.54) is 18.8 Å². The van der Waals surface area contributed by atoms with Crippen molar-refractivity contribution in [2.75, 3.05) is 43.3 Å². The van der Waals surface area contributed by atoms with E-state index in [2.05, 4.69) is 10.3 Å². The summed E-state index contributed by atoms with van der Waals surface area (Å²) in [6.45, 7) is 4.52. The lowest BCUT2D eigenvalue weighted by Crippen LogP contribution is -2.42. The van der Waals surface area contributed by atoms with Crippen molar-refractivity contribution in [3.05, 3.63) is 74.9 Å². The smallest absolute Gasteiger partial charge is 0.330 e. The van der Waals surface area contributed by atoms with Gasteiger partial charge in [0.15, 0.2) is 0 Å². The maximum absolute atomic E-state index is 13.0. The number of aromatic amines is 1. The maximum Gasteiger partial charge on any atom is 0.330 e. The van der Waals surface area contributed by atoms with E-state index in [1.54, 1.807) is 23.1 Å². The van der Waals surface area contributed by atoms with Gasteiger partial charge in [-0.05, 0) is 17.9 Å². The highest BCUT2D eigenvalue weighted by atomic mass is 16.5. The van der Waals surface area contributed by atoms with Crippen LogP contribution in [0.1, 0.15) is 25.8 Å². The van der Waals surface area contributed by atoms with Crippen LogP contribution >= 0.6 is 0 Å². The predicted molar refractivity (Wildman–Crippen MR) is 141 cm³/mol. The van der Waals surface area contributed by atoms with Crippen LogP contribution in [0, 0.1) is 5.92 Å². The second kappa shape index (κ2) is 12.0. The molecule has 0 fully saturated rings. The molecule has 0 saturated carbocycles. The SMILES string of the molecule is COc1cc(NC(=O)CN(CCC(C)C)c2c(N)n(Cc3ccccc3)c(=O)[nH]c2=O)cc(OC)c1. The number of hydrogen-bond acceptors (Lipinski definition) is 7. The zero-order valence-electron chi connectivity index (χ0n) is 21.0. The van der Waals surface area contributed by atoms with Crippen LogP contribution in [0.4, 0.5) is 17.2 Å². The van der Waals surface area contributed by atoms with Gasteiger partial charge in [0.05, 0.1) is 27.3 Å². The van der Waals surface area contributed by atoms with Crippen LogP contribution in [0.25, 0.3) is 0 Å². The van der Waals surface area contributed by atoms with E-state index in [-0.39, 0.29) is 30.5 Å². The molecule has 3 rings (SSSR count). The number of aromatic nitrogens is 2. The largest absolute Gasteiger partial charge is 0.497 e. The predicted octanol–water partition coefficient (Wildman–Crippen LogP) is 2.68. The summed E-state index contributed by atoms with van der Waals surface area (Å²) in [6.07, 6.45) is 0.705. The number of anilines is 3. The molecule has 2 aromatic carbocycles. The van der Waals surface area contributed by atoms with Crippen molar-refractivity contribution >= 4 is 23.1 Å². The third-order valence-electron chi connectivity index (χ3n) is 5.66. The quantitative estimate of drug-likeness (QED) is 0.373. The molecule has 1 amide bonds. The molecule has 0 bridgehead atoms. The Bertz CT molecular complexity index is 1280. The molecule has 0 spiro atoms. The summed E-state index contributed by atoms with van der Waals surface area (Å²) < 4.78 is 11.8.